The number of nitrogens with one attached hydrogen (secondary N) is 1. The molecule has 0 fully saturated rings. The molecule has 0 aromatic carbocycles. The second-order valence-corrected chi connectivity index (χ2v) is 6.09. The van der Waals surface area contributed by atoms with Crippen molar-refractivity contribution in [3.63, 3.8) is 0 Å². The van der Waals surface area contributed by atoms with Gasteiger partial charge in [0, 0.05) is 25.0 Å². The summed E-state index contributed by atoms with van der Waals surface area (Å²) in [6, 6.07) is 4.35. The Labute approximate surface area is 106 Å². The Morgan fingerprint density at radius 3 is 2.65 bits per heavy atom. The van der Waals surface area contributed by atoms with Gasteiger partial charge in [0.05, 0.1) is 0 Å². The predicted molar refractivity (Wildman–Crippen MR) is 75.0 cm³/mol. The van der Waals surface area contributed by atoms with Crippen LogP contribution in [0.25, 0.3) is 0 Å². The minimum absolute atomic E-state index is 0.387. The highest BCUT2D eigenvalue weighted by Gasteiger charge is 2.19. The molecule has 2 heteroatoms. The molecule has 1 rings (SSSR count). The average Bonchev–Trinajstić information content (AvgIpc) is 2.65. The van der Waals surface area contributed by atoms with Crippen molar-refractivity contribution in [3.05, 3.63) is 24.0 Å². The van der Waals surface area contributed by atoms with Crippen molar-refractivity contribution in [2.45, 2.75) is 54.1 Å². The van der Waals surface area contributed by atoms with E-state index in [9.17, 15) is 0 Å². The quantitative estimate of drug-likeness (QED) is 0.797. The summed E-state index contributed by atoms with van der Waals surface area (Å²) in [6.07, 6.45) is 3.37. The molecule has 17 heavy (non-hydrogen) atoms. The van der Waals surface area contributed by atoms with Crippen molar-refractivity contribution in [1.82, 2.24) is 9.88 Å². The molecule has 0 bridgehead atoms. The van der Waals surface area contributed by atoms with Gasteiger partial charge in [-0.3, -0.25) is 0 Å². The summed E-state index contributed by atoms with van der Waals surface area (Å²) in [5.41, 5.74) is 1.78. The standard InChI is InChI=1S/C15H28N2/c1-6-9-17-10-7-8-14(17)12-16-11-13(2)15(3,4)5/h7-8,10,13,16H,6,9,11-12H2,1-5H3. The van der Waals surface area contributed by atoms with Gasteiger partial charge in [0.1, 0.15) is 0 Å². The van der Waals surface area contributed by atoms with Crippen molar-refractivity contribution in [2.24, 2.45) is 11.3 Å². The monoisotopic (exact) mass is 236 g/mol. The first kappa shape index (κ1) is 14.3. The van der Waals surface area contributed by atoms with E-state index in [1.807, 2.05) is 0 Å². The highest BCUT2D eigenvalue weighted by molar-refractivity contribution is 5.06. The lowest BCUT2D eigenvalue weighted by molar-refractivity contribution is 0.252. The van der Waals surface area contributed by atoms with E-state index in [4.69, 9.17) is 0 Å². The molecule has 0 aliphatic rings. The minimum Gasteiger partial charge on any atom is -0.350 e. The smallest absolute Gasteiger partial charge is 0.0359 e. The fourth-order valence-corrected chi connectivity index (χ4v) is 1.79. The molecule has 1 aromatic rings. The molecule has 1 unspecified atom stereocenters. The highest BCUT2D eigenvalue weighted by Crippen LogP contribution is 2.24. The zero-order chi connectivity index (χ0) is 12.9. The van der Waals surface area contributed by atoms with Crippen LogP contribution in [-0.4, -0.2) is 11.1 Å². The first-order valence-corrected chi connectivity index (χ1v) is 6.80. The van der Waals surface area contributed by atoms with Crippen LogP contribution >= 0.6 is 0 Å². The van der Waals surface area contributed by atoms with Gasteiger partial charge in [-0.1, -0.05) is 34.6 Å². The number of hydrogen-bond acceptors (Lipinski definition) is 1. The Balaban J connectivity index is 2.38. The summed E-state index contributed by atoms with van der Waals surface area (Å²) in [7, 11) is 0. The lowest BCUT2D eigenvalue weighted by atomic mass is 9.82. The van der Waals surface area contributed by atoms with Crippen LogP contribution in [0, 0.1) is 11.3 Å². The summed E-state index contributed by atoms with van der Waals surface area (Å²) in [4.78, 5) is 0. The lowest BCUT2D eigenvalue weighted by Crippen LogP contribution is -2.29. The number of hydrogen-bond donors (Lipinski definition) is 1. The van der Waals surface area contributed by atoms with Gasteiger partial charge in [-0.05, 0) is 36.4 Å². The fraction of sp³-hybridized carbons (Fsp3) is 0.733. The number of nitrogens with zero attached hydrogens (tertiary/aromatic N) is 1. The Kier molecular flexibility index (Phi) is 5.26. The lowest BCUT2D eigenvalue weighted by Gasteiger charge is -2.27. The van der Waals surface area contributed by atoms with Gasteiger partial charge in [-0.25, -0.2) is 0 Å². The van der Waals surface area contributed by atoms with Crippen LogP contribution in [-0.2, 0) is 13.1 Å². The average molecular weight is 236 g/mol. The van der Waals surface area contributed by atoms with E-state index in [0.29, 0.717) is 11.3 Å². The van der Waals surface area contributed by atoms with Gasteiger partial charge < -0.3 is 9.88 Å². The molecule has 0 aliphatic heterocycles. The van der Waals surface area contributed by atoms with Gasteiger partial charge in [-0.15, -0.1) is 0 Å². The van der Waals surface area contributed by atoms with Crippen molar-refractivity contribution in [3.8, 4) is 0 Å². The topological polar surface area (TPSA) is 17.0 Å². The summed E-state index contributed by atoms with van der Waals surface area (Å²) in [5, 5.41) is 3.57. The van der Waals surface area contributed by atoms with Gasteiger partial charge in [0.25, 0.3) is 0 Å². The molecule has 2 nitrogen and oxygen atoms in total. The Morgan fingerprint density at radius 2 is 2.06 bits per heavy atom. The van der Waals surface area contributed by atoms with Crippen LogP contribution < -0.4 is 5.32 Å². The Hall–Kier alpha value is -0.760. The maximum absolute atomic E-state index is 3.57. The molecule has 0 aliphatic carbocycles. The van der Waals surface area contributed by atoms with Crippen LogP contribution in [0.4, 0.5) is 0 Å². The molecule has 0 amide bonds. The zero-order valence-corrected chi connectivity index (χ0v) is 12.1. The van der Waals surface area contributed by atoms with E-state index in [-0.39, 0.29) is 0 Å². The molecule has 0 radical (unpaired) electrons. The third-order valence-corrected chi connectivity index (χ3v) is 3.62. The van der Waals surface area contributed by atoms with Crippen molar-refractivity contribution in [2.75, 3.05) is 6.54 Å². The highest BCUT2D eigenvalue weighted by atomic mass is 15.0. The van der Waals surface area contributed by atoms with Gasteiger partial charge in [0.15, 0.2) is 0 Å². The molecule has 1 N–H and O–H groups in total. The van der Waals surface area contributed by atoms with Crippen molar-refractivity contribution >= 4 is 0 Å². The van der Waals surface area contributed by atoms with E-state index < -0.39 is 0 Å². The van der Waals surface area contributed by atoms with E-state index in [1.54, 1.807) is 0 Å². The first-order chi connectivity index (χ1) is 7.95. The largest absolute Gasteiger partial charge is 0.350 e. The van der Waals surface area contributed by atoms with E-state index >= 15 is 0 Å². The molecular weight excluding hydrogens is 208 g/mol. The molecule has 1 aromatic heterocycles. The molecular formula is C15H28N2. The predicted octanol–water partition coefficient (Wildman–Crippen LogP) is 3.67. The van der Waals surface area contributed by atoms with Crippen LogP contribution in [0.5, 0.6) is 0 Å². The van der Waals surface area contributed by atoms with Gasteiger partial charge in [-0.2, -0.15) is 0 Å². The minimum atomic E-state index is 0.387. The number of aryl methyl sites for hydroxylation is 1. The Morgan fingerprint density at radius 1 is 1.35 bits per heavy atom. The van der Waals surface area contributed by atoms with E-state index in [2.05, 4.69) is 62.8 Å². The normalized spacial score (nSPS) is 13.9. The molecule has 1 atom stereocenters. The number of rotatable bonds is 6. The second-order valence-electron chi connectivity index (χ2n) is 6.09. The maximum Gasteiger partial charge on any atom is 0.0359 e. The Bertz CT molecular complexity index is 320. The van der Waals surface area contributed by atoms with Gasteiger partial charge >= 0.3 is 0 Å². The number of aromatic nitrogens is 1. The third-order valence-electron chi connectivity index (χ3n) is 3.62. The molecule has 98 valence electrons. The summed E-state index contributed by atoms with van der Waals surface area (Å²) < 4.78 is 2.34. The fourth-order valence-electron chi connectivity index (χ4n) is 1.79. The molecule has 1 heterocycles. The summed E-state index contributed by atoms with van der Waals surface area (Å²) >= 11 is 0. The van der Waals surface area contributed by atoms with Crippen LogP contribution in [0.3, 0.4) is 0 Å². The van der Waals surface area contributed by atoms with Crippen LogP contribution in [0.15, 0.2) is 18.3 Å². The zero-order valence-electron chi connectivity index (χ0n) is 12.1. The maximum atomic E-state index is 3.57. The van der Waals surface area contributed by atoms with Crippen LogP contribution in [0.1, 0.15) is 46.7 Å². The molecule has 0 saturated carbocycles. The first-order valence-electron chi connectivity index (χ1n) is 6.80. The van der Waals surface area contributed by atoms with Crippen molar-refractivity contribution < 1.29 is 0 Å². The van der Waals surface area contributed by atoms with Crippen molar-refractivity contribution in [1.29, 1.82) is 0 Å². The van der Waals surface area contributed by atoms with Crippen LogP contribution in [0.2, 0.25) is 0 Å². The van der Waals surface area contributed by atoms with E-state index in [0.717, 1.165) is 19.6 Å². The molecule has 0 saturated heterocycles. The third kappa shape index (κ3) is 4.55. The second kappa shape index (κ2) is 6.25. The summed E-state index contributed by atoms with van der Waals surface area (Å²) in [5.74, 6) is 0.692. The van der Waals surface area contributed by atoms with E-state index in [1.165, 1.54) is 12.1 Å². The summed E-state index contributed by atoms with van der Waals surface area (Å²) in [6.45, 7) is 14.6. The van der Waals surface area contributed by atoms with Gasteiger partial charge in [0.2, 0.25) is 0 Å². The SMILES string of the molecule is CCCn1cccc1CNCC(C)C(C)(C)C. The molecule has 0 spiro atoms.